The van der Waals surface area contributed by atoms with E-state index in [9.17, 15) is 4.79 Å². The van der Waals surface area contributed by atoms with Gasteiger partial charge in [0, 0.05) is 0 Å². The lowest BCUT2D eigenvalue weighted by Crippen LogP contribution is -2.89. The van der Waals surface area contributed by atoms with Crippen molar-refractivity contribution in [1.29, 1.82) is 0 Å². The monoisotopic (exact) mass is 285 g/mol. The first-order valence-electron chi connectivity index (χ1n) is 8.10. The SMILES string of the molecule is Cc1cc(C)c2[nH]c(=O)c(C[NH2+]C3CCCCC3)cc2c1. The van der Waals surface area contributed by atoms with Gasteiger partial charge in [-0.1, -0.05) is 18.1 Å². The number of quaternary nitrogens is 1. The van der Waals surface area contributed by atoms with Crippen molar-refractivity contribution in [1.82, 2.24) is 4.98 Å². The molecule has 1 heterocycles. The van der Waals surface area contributed by atoms with Crippen molar-refractivity contribution >= 4 is 10.9 Å². The number of aromatic nitrogens is 1. The molecule has 0 bridgehead atoms. The fraction of sp³-hybridized carbons (Fsp3) is 0.500. The molecule has 1 aromatic heterocycles. The summed E-state index contributed by atoms with van der Waals surface area (Å²) in [6.45, 7) is 4.95. The molecule has 0 radical (unpaired) electrons. The van der Waals surface area contributed by atoms with Crippen molar-refractivity contribution in [3.8, 4) is 0 Å². The highest BCUT2D eigenvalue weighted by atomic mass is 16.1. The maximum Gasteiger partial charge on any atom is 0.257 e. The molecule has 1 saturated carbocycles. The van der Waals surface area contributed by atoms with Crippen molar-refractivity contribution in [2.75, 3.05) is 0 Å². The van der Waals surface area contributed by atoms with Gasteiger partial charge in [-0.2, -0.15) is 0 Å². The first-order chi connectivity index (χ1) is 10.1. The van der Waals surface area contributed by atoms with Crippen LogP contribution in [0.3, 0.4) is 0 Å². The van der Waals surface area contributed by atoms with Gasteiger partial charge in [-0.25, -0.2) is 0 Å². The highest BCUT2D eigenvalue weighted by Gasteiger charge is 2.16. The van der Waals surface area contributed by atoms with Crippen molar-refractivity contribution in [3.05, 3.63) is 45.2 Å². The van der Waals surface area contributed by atoms with Crippen molar-refractivity contribution in [2.45, 2.75) is 58.5 Å². The molecule has 0 aliphatic heterocycles. The van der Waals surface area contributed by atoms with E-state index in [0.717, 1.165) is 28.6 Å². The number of H-pyrrole nitrogens is 1. The van der Waals surface area contributed by atoms with Crippen molar-refractivity contribution < 1.29 is 5.32 Å². The second-order valence-corrected chi connectivity index (χ2v) is 6.51. The molecule has 1 aromatic carbocycles. The Kier molecular flexibility index (Phi) is 4.11. The fourth-order valence-corrected chi connectivity index (χ4v) is 3.55. The van der Waals surface area contributed by atoms with Crippen LogP contribution in [0.2, 0.25) is 0 Å². The number of nitrogens with two attached hydrogens (primary N) is 1. The van der Waals surface area contributed by atoms with Crippen LogP contribution in [-0.4, -0.2) is 11.0 Å². The van der Waals surface area contributed by atoms with Crippen LogP contribution in [0.5, 0.6) is 0 Å². The molecule has 0 saturated heterocycles. The van der Waals surface area contributed by atoms with Gasteiger partial charge in [0.1, 0.15) is 6.54 Å². The molecule has 21 heavy (non-hydrogen) atoms. The lowest BCUT2D eigenvalue weighted by atomic mass is 9.95. The molecule has 2 aromatic rings. The number of rotatable bonds is 3. The zero-order chi connectivity index (χ0) is 14.8. The lowest BCUT2D eigenvalue weighted by Gasteiger charge is -2.19. The maximum absolute atomic E-state index is 12.3. The summed E-state index contributed by atoms with van der Waals surface area (Å²) in [5.74, 6) is 0. The molecule has 1 fully saturated rings. The third kappa shape index (κ3) is 3.18. The van der Waals surface area contributed by atoms with Crippen LogP contribution < -0.4 is 10.9 Å². The van der Waals surface area contributed by atoms with Gasteiger partial charge in [0.25, 0.3) is 5.56 Å². The predicted molar refractivity (Wildman–Crippen MR) is 86.5 cm³/mol. The van der Waals surface area contributed by atoms with Gasteiger partial charge >= 0.3 is 0 Å². The van der Waals surface area contributed by atoms with Gasteiger partial charge in [0.15, 0.2) is 0 Å². The van der Waals surface area contributed by atoms with Crippen molar-refractivity contribution in [3.63, 3.8) is 0 Å². The van der Waals surface area contributed by atoms with Crippen LogP contribution in [0.15, 0.2) is 23.0 Å². The maximum atomic E-state index is 12.3. The Hall–Kier alpha value is -1.61. The van der Waals surface area contributed by atoms with Crippen LogP contribution in [0.4, 0.5) is 0 Å². The topological polar surface area (TPSA) is 49.5 Å². The van der Waals surface area contributed by atoms with E-state index in [2.05, 4.69) is 42.3 Å². The summed E-state index contributed by atoms with van der Waals surface area (Å²) in [4.78, 5) is 15.3. The summed E-state index contributed by atoms with van der Waals surface area (Å²) in [6.07, 6.45) is 6.65. The summed E-state index contributed by atoms with van der Waals surface area (Å²) in [5.41, 5.74) is 4.34. The quantitative estimate of drug-likeness (QED) is 0.894. The summed E-state index contributed by atoms with van der Waals surface area (Å²) in [6, 6.07) is 7.05. The smallest absolute Gasteiger partial charge is 0.257 e. The van der Waals surface area contributed by atoms with E-state index in [1.54, 1.807) is 0 Å². The van der Waals surface area contributed by atoms with Gasteiger partial charge in [-0.05, 0) is 62.6 Å². The third-order valence-corrected chi connectivity index (χ3v) is 4.69. The normalized spacial score (nSPS) is 16.5. The number of aryl methyl sites for hydroxylation is 2. The van der Waals surface area contributed by atoms with Gasteiger partial charge in [-0.15, -0.1) is 0 Å². The molecule has 0 unspecified atom stereocenters. The Morgan fingerprint density at radius 1 is 1.14 bits per heavy atom. The fourth-order valence-electron chi connectivity index (χ4n) is 3.55. The van der Waals surface area contributed by atoms with Gasteiger partial charge in [0.05, 0.1) is 17.1 Å². The molecular formula is C18H25N2O+. The Bertz CT molecular complexity index is 696. The number of aromatic amines is 1. The minimum absolute atomic E-state index is 0.0708. The number of benzene rings is 1. The van der Waals surface area contributed by atoms with E-state index in [0.29, 0.717) is 6.04 Å². The lowest BCUT2D eigenvalue weighted by molar-refractivity contribution is -0.706. The molecule has 3 N–H and O–H groups in total. The average molecular weight is 285 g/mol. The molecular weight excluding hydrogens is 260 g/mol. The third-order valence-electron chi connectivity index (χ3n) is 4.69. The van der Waals surface area contributed by atoms with Crippen molar-refractivity contribution in [2.24, 2.45) is 0 Å². The van der Waals surface area contributed by atoms with E-state index in [1.807, 2.05) is 0 Å². The largest absolute Gasteiger partial charge is 0.340 e. The minimum atomic E-state index is 0.0708. The second-order valence-electron chi connectivity index (χ2n) is 6.51. The number of fused-ring (bicyclic) bond motifs is 1. The number of hydrogen-bond acceptors (Lipinski definition) is 1. The van der Waals surface area contributed by atoms with Crippen LogP contribution in [0.1, 0.15) is 48.8 Å². The van der Waals surface area contributed by atoms with E-state index >= 15 is 0 Å². The van der Waals surface area contributed by atoms with E-state index in [1.165, 1.54) is 37.7 Å². The average Bonchev–Trinajstić information content (AvgIpc) is 2.47. The predicted octanol–water partition coefficient (Wildman–Crippen LogP) is 2.54. The highest BCUT2D eigenvalue weighted by molar-refractivity contribution is 5.82. The van der Waals surface area contributed by atoms with Crippen LogP contribution >= 0.6 is 0 Å². The van der Waals surface area contributed by atoms with Crippen LogP contribution in [0.25, 0.3) is 10.9 Å². The van der Waals surface area contributed by atoms with Crippen LogP contribution in [-0.2, 0) is 6.54 Å². The molecule has 112 valence electrons. The van der Waals surface area contributed by atoms with Gasteiger partial charge in [0.2, 0.25) is 0 Å². The number of hydrogen-bond donors (Lipinski definition) is 2. The molecule has 1 aliphatic carbocycles. The molecule has 0 atom stereocenters. The molecule has 3 rings (SSSR count). The molecule has 3 nitrogen and oxygen atoms in total. The molecule has 3 heteroatoms. The minimum Gasteiger partial charge on any atom is -0.340 e. The summed E-state index contributed by atoms with van der Waals surface area (Å²) < 4.78 is 0. The van der Waals surface area contributed by atoms with E-state index in [4.69, 9.17) is 0 Å². The Labute approximate surface area is 125 Å². The second kappa shape index (κ2) is 6.02. The van der Waals surface area contributed by atoms with Gasteiger partial charge < -0.3 is 10.3 Å². The summed E-state index contributed by atoms with van der Waals surface area (Å²) in [7, 11) is 0. The van der Waals surface area contributed by atoms with Gasteiger partial charge in [-0.3, -0.25) is 4.79 Å². The molecule has 1 aliphatic rings. The zero-order valence-corrected chi connectivity index (χ0v) is 13.0. The van der Waals surface area contributed by atoms with E-state index < -0.39 is 0 Å². The zero-order valence-electron chi connectivity index (χ0n) is 13.0. The molecule has 0 spiro atoms. The van der Waals surface area contributed by atoms with E-state index in [-0.39, 0.29) is 5.56 Å². The number of pyridine rings is 1. The summed E-state index contributed by atoms with van der Waals surface area (Å²) in [5, 5.41) is 3.51. The Balaban J connectivity index is 1.84. The standard InChI is InChI=1S/C18H24N2O/c1-12-8-13(2)17-14(9-12)10-15(18(21)20-17)11-19-16-6-4-3-5-7-16/h8-10,16,19H,3-7,11H2,1-2H3,(H,20,21)/p+1. The molecule has 0 amide bonds. The summed E-state index contributed by atoms with van der Waals surface area (Å²) >= 11 is 0. The first kappa shape index (κ1) is 14.3. The van der Waals surface area contributed by atoms with Crippen LogP contribution in [0, 0.1) is 13.8 Å². The number of nitrogens with one attached hydrogen (secondary N) is 1. The Morgan fingerprint density at radius 2 is 1.90 bits per heavy atom. The first-order valence-corrected chi connectivity index (χ1v) is 8.10. The highest BCUT2D eigenvalue weighted by Crippen LogP contribution is 2.18. The Morgan fingerprint density at radius 3 is 2.67 bits per heavy atom.